The Morgan fingerprint density at radius 3 is 2.90 bits per heavy atom. The van der Waals surface area contributed by atoms with Crippen molar-refractivity contribution in [1.29, 1.82) is 0 Å². The van der Waals surface area contributed by atoms with E-state index in [1.54, 1.807) is 6.20 Å². The lowest BCUT2D eigenvalue weighted by Crippen LogP contribution is -2.48. The van der Waals surface area contributed by atoms with E-state index in [2.05, 4.69) is 4.98 Å². The molecule has 3 rings (SSSR count). The molecule has 1 aromatic heterocycles. The van der Waals surface area contributed by atoms with Gasteiger partial charge in [-0.05, 0) is 38.8 Å². The molecular formula is C16H22N2O3. The monoisotopic (exact) mass is 290 g/mol. The highest BCUT2D eigenvalue weighted by molar-refractivity contribution is 5.95. The number of piperidine rings is 1. The minimum atomic E-state index is -0.539. The summed E-state index contributed by atoms with van der Waals surface area (Å²) in [4.78, 5) is 18.8. The van der Waals surface area contributed by atoms with Crippen molar-refractivity contribution >= 4 is 5.91 Å². The number of aryl methyl sites for hydroxylation is 1. The van der Waals surface area contributed by atoms with Crippen molar-refractivity contribution in [2.45, 2.75) is 32.5 Å². The molecule has 21 heavy (non-hydrogen) atoms. The van der Waals surface area contributed by atoms with E-state index in [4.69, 9.17) is 9.47 Å². The van der Waals surface area contributed by atoms with Gasteiger partial charge in [-0.1, -0.05) is 0 Å². The van der Waals surface area contributed by atoms with Crippen LogP contribution in [0.1, 0.15) is 35.8 Å². The summed E-state index contributed by atoms with van der Waals surface area (Å²) in [6.07, 6.45) is 3.73. The Morgan fingerprint density at radius 2 is 2.19 bits per heavy atom. The van der Waals surface area contributed by atoms with Crippen molar-refractivity contribution in [2.24, 2.45) is 5.92 Å². The minimum absolute atomic E-state index is 0.0619. The van der Waals surface area contributed by atoms with Gasteiger partial charge in [-0.25, -0.2) is 0 Å². The third-order valence-corrected chi connectivity index (χ3v) is 4.55. The van der Waals surface area contributed by atoms with Crippen LogP contribution in [0.4, 0.5) is 0 Å². The van der Waals surface area contributed by atoms with Crippen LogP contribution in [0.5, 0.6) is 0 Å². The zero-order valence-electron chi connectivity index (χ0n) is 12.7. The van der Waals surface area contributed by atoms with Gasteiger partial charge in [-0.15, -0.1) is 0 Å². The highest BCUT2D eigenvalue weighted by Gasteiger charge is 2.42. The number of pyridine rings is 1. The lowest BCUT2D eigenvalue weighted by atomic mass is 9.90. The number of amides is 1. The molecule has 0 aliphatic carbocycles. The summed E-state index contributed by atoms with van der Waals surface area (Å²) in [5.74, 6) is -0.246. The van der Waals surface area contributed by atoms with Crippen LogP contribution in [0, 0.1) is 12.8 Å². The van der Waals surface area contributed by atoms with Crippen molar-refractivity contribution in [3.8, 4) is 0 Å². The van der Waals surface area contributed by atoms with Crippen LogP contribution in [-0.4, -0.2) is 47.9 Å². The Kier molecular flexibility index (Phi) is 3.95. The third kappa shape index (κ3) is 2.80. The zero-order valence-corrected chi connectivity index (χ0v) is 12.7. The Morgan fingerprint density at radius 1 is 1.43 bits per heavy atom. The molecule has 2 aliphatic heterocycles. The van der Waals surface area contributed by atoms with Gasteiger partial charge in [-0.2, -0.15) is 0 Å². The number of hydrogen-bond acceptors (Lipinski definition) is 4. The summed E-state index contributed by atoms with van der Waals surface area (Å²) in [5.41, 5.74) is 1.47. The predicted molar refractivity (Wildman–Crippen MR) is 77.9 cm³/mol. The SMILES string of the molecule is Cc1ncccc1C(=O)N1CCCC(C2(C)OCCO2)C1. The number of carbonyl (C=O) groups excluding carboxylic acids is 1. The number of likely N-dealkylation sites (tertiary alicyclic amines) is 1. The van der Waals surface area contributed by atoms with Gasteiger partial charge in [0, 0.05) is 30.9 Å². The van der Waals surface area contributed by atoms with E-state index in [0.717, 1.165) is 25.1 Å². The van der Waals surface area contributed by atoms with Gasteiger partial charge in [0.15, 0.2) is 5.79 Å². The Bertz CT molecular complexity index is 526. The number of ether oxygens (including phenoxy) is 2. The summed E-state index contributed by atoms with van der Waals surface area (Å²) in [6.45, 7) is 6.63. The fourth-order valence-electron chi connectivity index (χ4n) is 3.24. The maximum atomic E-state index is 12.7. The van der Waals surface area contributed by atoms with Crippen LogP contribution in [0.3, 0.4) is 0 Å². The van der Waals surface area contributed by atoms with E-state index >= 15 is 0 Å². The molecule has 2 aliphatic rings. The number of rotatable bonds is 2. The van der Waals surface area contributed by atoms with E-state index in [9.17, 15) is 4.79 Å². The summed E-state index contributed by atoms with van der Waals surface area (Å²) < 4.78 is 11.5. The number of hydrogen-bond donors (Lipinski definition) is 0. The number of carbonyl (C=O) groups is 1. The maximum Gasteiger partial charge on any atom is 0.255 e. The number of aromatic nitrogens is 1. The van der Waals surface area contributed by atoms with Crippen molar-refractivity contribution in [3.63, 3.8) is 0 Å². The van der Waals surface area contributed by atoms with Gasteiger partial charge >= 0.3 is 0 Å². The molecule has 0 aromatic carbocycles. The van der Waals surface area contributed by atoms with E-state index in [1.807, 2.05) is 30.9 Å². The smallest absolute Gasteiger partial charge is 0.255 e. The molecule has 5 heteroatoms. The normalized spacial score (nSPS) is 25.0. The lowest BCUT2D eigenvalue weighted by molar-refractivity contribution is -0.189. The van der Waals surface area contributed by atoms with Crippen molar-refractivity contribution in [3.05, 3.63) is 29.6 Å². The van der Waals surface area contributed by atoms with E-state index in [0.29, 0.717) is 25.3 Å². The topological polar surface area (TPSA) is 51.7 Å². The molecule has 1 unspecified atom stereocenters. The third-order valence-electron chi connectivity index (χ3n) is 4.55. The average Bonchev–Trinajstić information content (AvgIpc) is 2.95. The van der Waals surface area contributed by atoms with Crippen LogP contribution in [0.2, 0.25) is 0 Å². The molecule has 5 nitrogen and oxygen atoms in total. The Balaban J connectivity index is 1.74. The second kappa shape index (κ2) is 5.73. The van der Waals surface area contributed by atoms with Crippen molar-refractivity contribution < 1.29 is 14.3 Å². The summed E-state index contributed by atoms with van der Waals surface area (Å²) in [5, 5.41) is 0. The summed E-state index contributed by atoms with van der Waals surface area (Å²) in [6, 6.07) is 3.66. The molecule has 1 atom stereocenters. The van der Waals surface area contributed by atoms with E-state index in [1.165, 1.54) is 0 Å². The molecule has 1 amide bonds. The van der Waals surface area contributed by atoms with Crippen LogP contribution in [0.25, 0.3) is 0 Å². The van der Waals surface area contributed by atoms with E-state index < -0.39 is 5.79 Å². The molecule has 2 saturated heterocycles. The second-order valence-corrected chi connectivity index (χ2v) is 5.94. The molecule has 0 saturated carbocycles. The fraction of sp³-hybridized carbons (Fsp3) is 0.625. The standard InChI is InChI=1S/C16H22N2O3/c1-12-14(6-3-7-17-12)15(19)18-8-4-5-13(11-18)16(2)20-9-10-21-16/h3,6-7,13H,4-5,8-11H2,1-2H3. The second-order valence-electron chi connectivity index (χ2n) is 5.94. The summed E-state index contributed by atoms with van der Waals surface area (Å²) >= 11 is 0. The van der Waals surface area contributed by atoms with Crippen LogP contribution in [-0.2, 0) is 9.47 Å². The van der Waals surface area contributed by atoms with Gasteiger partial charge < -0.3 is 14.4 Å². The molecule has 0 N–H and O–H groups in total. The first-order chi connectivity index (χ1) is 10.1. The molecule has 0 bridgehead atoms. The van der Waals surface area contributed by atoms with E-state index in [-0.39, 0.29) is 11.8 Å². The van der Waals surface area contributed by atoms with Gasteiger partial charge in [0.25, 0.3) is 5.91 Å². The van der Waals surface area contributed by atoms with Crippen molar-refractivity contribution in [1.82, 2.24) is 9.88 Å². The molecule has 114 valence electrons. The first-order valence-electron chi connectivity index (χ1n) is 7.59. The maximum absolute atomic E-state index is 12.7. The quantitative estimate of drug-likeness (QED) is 0.836. The van der Waals surface area contributed by atoms with Gasteiger partial charge in [0.2, 0.25) is 0 Å². The molecule has 2 fully saturated rings. The first-order valence-corrected chi connectivity index (χ1v) is 7.59. The highest BCUT2D eigenvalue weighted by atomic mass is 16.7. The molecule has 3 heterocycles. The Hall–Kier alpha value is -1.46. The molecule has 0 radical (unpaired) electrons. The van der Waals surface area contributed by atoms with Gasteiger partial charge in [0.05, 0.1) is 18.8 Å². The Labute approximate surface area is 125 Å². The highest BCUT2D eigenvalue weighted by Crippen LogP contribution is 2.34. The largest absolute Gasteiger partial charge is 0.347 e. The fourth-order valence-corrected chi connectivity index (χ4v) is 3.24. The predicted octanol–water partition coefficient (Wildman–Crippen LogP) is 2.01. The van der Waals surface area contributed by atoms with Gasteiger partial charge in [0.1, 0.15) is 0 Å². The summed E-state index contributed by atoms with van der Waals surface area (Å²) in [7, 11) is 0. The first kappa shape index (κ1) is 14.5. The van der Waals surface area contributed by atoms with Crippen LogP contribution >= 0.6 is 0 Å². The van der Waals surface area contributed by atoms with Crippen molar-refractivity contribution in [2.75, 3.05) is 26.3 Å². The van der Waals surface area contributed by atoms with Crippen LogP contribution < -0.4 is 0 Å². The van der Waals surface area contributed by atoms with Gasteiger partial charge in [-0.3, -0.25) is 9.78 Å². The molecule has 0 spiro atoms. The molecular weight excluding hydrogens is 268 g/mol. The van der Waals surface area contributed by atoms with Crippen LogP contribution in [0.15, 0.2) is 18.3 Å². The molecule has 1 aromatic rings. The average molecular weight is 290 g/mol. The lowest BCUT2D eigenvalue weighted by Gasteiger charge is -2.40. The zero-order chi connectivity index (χ0) is 14.9. The number of nitrogens with zero attached hydrogens (tertiary/aromatic N) is 2. The minimum Gasteiger partial charge on any atom is -0.347 e.